The summed E-state index contributed by atoms with van der Waals surface area (Å²) in [6.07, 6.45) is 0. The fourth-order valence-corrected chi connectivity index (χ4v) is 3.45. The molecule has 6 nitrogen and oxygen atoms in total. The summed E-state index contributed by atoms with van der Waals surface area (Å²) < 4.78 is 2.06. The van der Waals surface area contributed by atoms with Gasteiger partial charge >= 0.3 is 0 Å². The van der Waals surface area contributed by atoms with Crippen molar-refractivity contribution >= 4 is 17.4 Å². The van der Waals surface area contributed by atoms with Crippen LogP contribution >= 0.6 is 11.8 Å². The van der Waals surface area contributed by atoms with Crippen LogP contribution in [0, 0.1) is 17.0 Å². The Bertz CT molecular complexity index is 890. The largest absolute Gasteiger partial charge is 0.302 e. The predicted molar refractivity (Wildman–Crippen MR) is 98.5 cm³/mol. The van der Waals surface area contributed by atoms with Crippen molar-refractivity contribution in [2.45, 2.75) is 31.3 Å². The Morgan fingerprint density at radius 1 is 1.16 bits per heavy atom. The van der Waals surface area contributed by atoms with Crippen molar-refractivity contribution in [3.63, 3.8) is 0 Å². The Morgan fingerprint density at radius 2 is 1.92 bits per heavy atom. The lowest BCUT2D eigenvalue weighted by Crippen LogP contribution is -2.00. The number of aromatic nitrogens is 3. The van der Waals surface area contributed by atoms with Gasteiger partial charge in [0, 0.05) is 30.0 Å². The highest BCUT2D eigenvalue weighted by molar-refractivity contribution is 7.98. The zero-order valence-corrected chi connectivity index (χ0v) is 14.9. The number of nitrogens with zero attached hydrogens (tertiary/aromatic N) is 4. The standard InChI is InChI=1S/C18H18N4O2S/c1-3-21-17(15-9-7-13(2)8-10-15)19-20-18(21)25-12-14-5-4-6-16(11-14)22(23)24/h4-11H,3,12H2,1-2H3. The number of hydrogen-bond donors (Lipinski definition) is 0. The fraction of sp³-hybridized carbons (Fsp3) is 0.222. The van der Waals surface area contributed by atoms with Crippen LogP contribution in [0.15, 0.2) is 53.7 Å². The van der Waals surface area contributed by atoms with Gasteiger partial charge in [0.1, 0.15) is 0 Å². The van der Waals surface area contributed by atoms with E-state index in [1.807, 2.05) is 18.2 Å². The number of thioether (sulfide) groups is 1. The summed E-state index contributed by atoms with van der Waals surface area (Å²) >= 11 is 1.53. The first kappa shape index (κ1) is 17.2. The molecule has 0 bridgehead atoms. The summed E-state index contributed by atoms with van der Waals surface area (Å²) in [5, 5.41) is 20.3. The molecule has 0 N–H and O–H groups in total. The first-order valence-electron chi connectivity index (χ1n) is 7.95. The molecule has 0 atom stereocenters. The minimum atomic E-state index is -0.377. The van der Waals surface area contributed by atoms with Gasteiger partial charge in [-0.1, -0.05) is 53.7 Å². The Morgan fingerprint density at radius 3 is 2.60 bits per heavy atom. The summed E-state index contributed by atoms with van der Waals surface area (Å²) in [4.78, 5) is 10.5. The van der Waals surface area contributed by atoms with Gasteiger partial charge in [0.25, 0.3) is 5.69 Å². The van der Waals surface area contributed by atoms with Crippen LogP contribution in [0.4, 0.5) is 5.69 Å². The molecule has 2 aromatic carbocycles. The molecular weight excluding hydrogens is 336 g/mol. The molecule has 3 aromatic rings. The molecule has 7 heteroatoms. The number of rotatable bonds is 6. The van der Waals surface area contributed by atoms with Crippen LogP contribution < -0.4 is 0 Å². The Labute approximate surface area is 150 Å². The normalized spacial score (nSPS) is 10.8. The van der Waals surface area contributed by atoms with Crippen molar-refractivity contribution in [3.05, 3.63) is 69.8 Å². The second-order valence-electron chi connectivity index (χ2n) is 5.63. The molecule has 0 spiro atoms. The number of aryl methyl sites for hydroxylation is 1. The van der Waals surface area contributed by atoms with E-state index in [-0.39, 0.29) is 10.6 Å². The van der Waals surface area contributed by atoms with Crippen molar-refractivity contribution in [1.82, 2.24) is 14.8 Å². The highest BCUT2D eigenvalue weighted by Crippen LogP contribution is 2.27. The van der Waals surface area contributed by atoms with E-state index in [1.54, 1.807) is 12.1 Å². The van der Waals surface area contributed by atoms with Crippen LogP contribution in [-0.4, -0.2) is 19.7 Å². The third-order valence-electron chi connectivity index (χ3n) is 3.83. The average molecular weight is 354 g/mol. The molecule has 0 saturated carbocycles. The fourth-order valence-electron chi connectivity index (χ4n) is 2.50. The number of hydrogen-bond acceptors (Lipinski definition) is 5. The lowest BCUT2D eigenvalue weighted by Gasteiger charge is -2.07. The Kier molecular flexibility index (Phi) is 5.14. The van der Waals surface area contributed by atoms with E-state index in [4.69, 9.17) is 0 Å². The third kappa shape index (κ3) is 3.88. The van der Waals surface area contributed by atoms with Gasteiger partial charge in [0.2, 0.25) is 0 Å². The number of nitro groups is 1. The van der Waals surface area contributed by atoms with E-state index in [1.165, 1.54) is 23.4 Å². The molecule has 0 radical (unpaired) electrons. The van der Waals surface area contributed by atoms with Crippen LogP contribution in [0.3, 0.4) is 0 Å². The Hall–Kier alpha value is -2.67. The molecule has 128 valence electrons. The minimum Gasteiger partial charge on any atom is -0.302 e. The highest BCUT2D eigenvalue weighted by Gasteiger charge is 2.14. The van der Waals surface area contributed by atoms with Crippen LogP contribution in [-0.2, 0) is 12.3 Å². The summed E-state index contributed by atoms with van der Waals surface area (Å²) in [7, 11) is 0. The molecule has 0 saturated heterocycles. The molecule has 0 amide bonds. The van der Waals surface area contributed by atoms with Gasteiger partial charge in [-0.05, 0) is 19.4 Å². The molecule has 0 aliphatic rings. The van der Waals surface area contributed by atoms with Crippen LogP contribution in [0.2, 0.25) is 0 Å². The van der Waals surface area contributed by atoms with Crippen LogP contribution in [0.5, 0.6) is 0 Å². The lowest BCUT2D eigenvalue weighted by atomic mass is 10.1. The van der Waals surface area contributed by atoms with Crippen molar-refractivity contribution < 1.29 is 4.92 Å². The first-order valence-corrected chi connectivity index (χ1v) is 8.93. The summed E-state index contributed by atoms with van der Waals surface area (Å²) in [6.45, 7) is 4.86. The number of non-ortho nitro benzene ring substituents is 1. The topological polar surface area (TPSA) is 73.8 Å². The second kappa shape index (κ2) is 7.48. The molecule has 1 aromatic heterocycles. The van der Waals surface area contributed by atoms with Crippen molar-refractivity contribution in [3.8, 4) is 11.4 Å². The monoisotopic (exact) mass is 354 g/mol. The van der Waals surface area contributed by atoms with Gasteiger partial charge in [-0.3, -0.25) is 10.1 Å². The molecule has 3 rings (SSSR count). The van der Waals surface area contributed by atoms with E-state index in [2.05, 4.69) is 40.7 Å². The maximum absolute atomic E-state index is 10.9. The summed E-state index contributed by atoms with van der Waals surface area (Å²) in [5.41, 5.74) is 3.23. The molecule has 25 heavy (non-hydrogen) atoms. The maximum Gasteiger partial charge on any atom is 0.269 e. The first-order chi connectivity index (χ1) is 12.1. The van der Waals surface area contributed by atoms with Crippen LogP contribution in [0.25, 0.3) is 11.4 Å². The summed E-state index contributed by atoms with van der Waals surface area (Å²) in [5.74, 6) is 1.44. The number of nitro benzene ring substituents is 1. The molecule has 1 heterocycles. The zero-order valence-electron chi connectivity index (χ0n) is 14.0. The molecule has 0 aliphatic heterocycles. The minimum absolute atomic E-state index is 0.107. The van der Waals surface area contributed by atoms with Crippen molar-refractivity contribution in [1.29, 1.82) is 0 Å². The second-order valence-corrected chi connectivity index (χ2v) is 6.57. The van der Waals surface area contributed by atoms with E-state index in [9.17, 15) is 10.1 Å². The van der Waals surface area contributed by atoms with Gasteiger partial charge in [0.05, 0.1) is 4.92 Å². The quantitative estimate of drug-likeness (QED) is 0.371. The molecule has 0 fully saturated rings. The Balaban J connectivity index is 1.80. The van der Waals surface area contributed by atoms with Crippen LogP contribution in [0.1, 0.15) is 18.1 Å². The average Bonchev–Trinajstić information content (AvgIpc) is 3.03. The predicted octanol–water partition coefficient (Wildman–Crippen LogP) is 4.47. The van der Waals surface area contributed by atoms with Gasteiger partial charge in [-0.2, -0.15) is 0 Å². The molecule has 0 aliphatic carbocycles. The van der Waals surface area contributed by atoms with E-state index < -0.39 is 0 Å². The van der Waals surface area contributed by atoms with Crippen molar-refractivity contribution in [2.24, 2.45) is 0 Å². The SMILES string of the molecule is CCn1c(SCc2cccc([N+](=O)[O-])c2)nnc1-c1ccc(C)cc1. The zero-order chi connectivity index (χ0) is 17.8. The van der Waals surface area contributed by atoms with Crippen molar-refractivity contribution in [2.75, 3.05) is 0 Å². The van der Waals surface area contributed by atoms with Gasteiger partial charge in [-0.15, -0.1) is 10.2 Å². The third-order valence-corrected chi connectivity index (χ3v) is 4.87. The van der Waals surface area contributed by atoms with Gasteiger partial charge in [-0.25, -0.2) is 0 Å². The smallest absolute Gasteiger partial charge is 0.269 e. The van der Waals surface area contributed by atoms with Gasteiger partial charge in [0.15, 0.2) is 11.0 Å². The van der Waals surface area contributed by atoms with E-state index in [0.29, 0.717) is 5.75 Å². The lowest BCUT2D eigenvalue weighted by molar-refractivity contribution is -0.384. The number of benzene rings is 2. The molecular formula is C18H18N4O2S. The maximum atomic E-state index is 10.9. The van der Waals surface area contributed by atoms with Gasteiger partial charge < -0.3 is 4.57 Å². The van der Waals surface area contributed by atoms with E-state index in [0.717, 1.165) is 28.7 Å². The molecule has 0 unspecified atom stereocenters. The summed E-state index contributed by atoms with van der Waals surface area (Å²) in [6, 6.07) is 14.9. The van der Waals surface area contributed by atoms with E-state index >= 15 is 0 Å². The highest BCUT2D eigenvalue weighted by atomic mass is 32.2.